The highest BCUT2D eigenvalue weighted by atomic mass is 16.5. The molecule has 0 saturated carbocycles. The molecule has 0 fully saturated rings. The maximum absolute atomic E-state index is 10.9. The van der Waals surface area contributed by atoms with Crippen LogP contribution in [0.25, 0.3) is 0 Å². The zero-order valence-electron chi connectivity index (χ0n) is 10.6. The van der Waals surface area contributed by atoms with Crippen LogP contribution in [0.3, 0.4) is 0 Å². The first-order chi connectivity index (χ1) is 8.99. The fourth-order valence-corrected chi connectivity index (χ4v) is 1.53. The van der Waals surface area contributed by atoms with Crippen LogP contribution in [0.15, 0.2) is 18.2 Å². The molecule has 0 aliphatic rings. The molecule has 100 valence electrons. The minimum atomic E-state index is -1.09. The van der Waals surface area contributed by atoms with E-state index in [4.69, 9.17) is 15.6 Å². The summed E-state index contributed by atoms with van der Waals surface area (Å²) in [5.41, 5.74) is 5.79. The summed E-state index contributed by atoms with van der Waals surface area (Å²) >= 11 is 0. The van der Waals surface area contributed by atoms with Gasteiger partial charge in [0.25, 0.3) is 0 Å². The maximum Gasteiger partial charge on any atom is 0.337 e. The summed E-state index contributed by atoms with van der Waals surface area (Å²) in [7, 11) is 1.83. The lowest BCUT2D eigenvalue weighted by atomic mass is 10.2. The SMILES string of the molecule is Cc1nnc(COc2ccc(N)c(C(=O)O)c2)n1C. The van der Waals surface area contributed by atoms with Gasteiger partial charge in [-0.05, 0) is 25.1 Å². The summed E-state index contributed by atoms with van der Waals surface area (Å²) in [5.74, 6) is 0.776. The summed E-state index contributed by atoms with van der Waals surface area (Å²) in [6.07, 6.45) is 0. The van der Waals surface area contributed by atoms with E-state index in [1.165, 1.54) is 12.1 Å². The molecule has 2 aromatic rings. The number of carboxylic acids is 1. The Balaban J connectivity index is 2.14. The van der Waals surface area contributed by atoms with Gasteiger partial charge in [-0.2, -0.15) is 0 Å². The largest absolute Gasteiger partial charge is 0.486 e. The van der Waals surface area contributed by atoms with Crippen LogP contribution in [-0.2, 0) is 13.7 Å². The monoisotopic (exact) mass is 262 g/mol. The van der Waals surface area contributed by atoms with Crippen LogP contribution in [0.5, 0.6) is 5.75 Å². The van der Waals surface area contributed by atoms with E-state index < -0.39 is 5.97 Å². The zero-order valence-corrected chi connectivity index (χ0v) is 10.6. The normalized spacial score (nSPS) is 10.4. The van der Waals surface area contributed by atoms with Crippen molar-refractivity contribution in [2.24, 2.45) is 7.05 Å². The van der Waals surface area contributed by atoms with Gasteiger partial charge in [0.05, 0.1) is 5.56 Å². The molecule has 19 heavy (non-hydrogen) atoms. The molecular formula is C12H14N4O3. The summed E-state index contributed by atoms with van der Waals surface area (Å²) in [6.45, 7) is 2.04. The molecule has 0 amide bonds. The number of rotatable bonds is 4. The average Bonchev–Trinajstić information content (AvgIpc) is 2.69. The van der Waals surface area contributed by atoms with Crippen LogP contribution in [-0.4, -0.2) is 25.8 Å². The fraction of sp³-hybridized carbons (Fsp3) is 0.250. The number of aromatic nitrogens is 3. The van der Waals surface area contributed by atoms with Gasteiger partial charge in [-0.15, -0.1) is 10.2 Å². The molecule has 3 N–H and O–H groups in total. The Bertz CT molecular complexity index is 621. The molecule has 0 saturated heterocycles. The summed E-state index contributed by atoms with van der Waals surface area (Å²) in [6, 6.07) is 4.51. The van der Waals surface area contributed by atoms with Gasteiger partial charge in [-0.25, -0.2) is 4.79 Å². The number of aromatic carboxylic acids is 1. The smallest absolute Gasteiger partial charge is 0.337 e. The molecule has 0 aliphatic heterocycles. The maximum atomic E-state index is 10.9. The number of hydrogen-bond acceptors (Lipinski definition) is 5. The van der Waals surface area contributed by atoms with Gasteiger partial charge in [-0.1, -0.05) is 0 Å². The van der Waals surface area contributed by atoms with Gasteiger partial charge in [0, 0.05) is 12.7 Å². The highest BCUT2D eigenvalue weighted by Crippen LogP contribution is 2.20. The Morgan fingerprint density at radius 1 is 1.47 bits per heavy atom. The van der Waals surface area contributed by atoms with Gasteiger partial charge >= 0.3 is 5.97 Å². The van der Waals surface area contributed by atoms with Crippen LogP contribution in [0.1, 0.15) is 22.0 Å². The minimum absolute atomic E-state index is 0.0200. The van der Waals surface area contributed by atoms with Crippen molar-refractivity contribution in [2.75, 3.05) is 5.73 Å². The molecule has 0 spiro atoms. The van der Waals surface area contributed by atoms with E-state index in [9.17, 15) is 4.79 Å². The van der Waals surface area contributed by atoms with E-state index in [2.05, 4.69) is 10.2 Å². The van der Waals surface area contributed by atoms with E-state index in [1.807, 2.05) is 14.0 Å². The summed E-state index contributed by atoms with van der Waals surface area (Å²) in [4.78, 5) is 10.9. The van der Waals surface area contributed by atoms with Crippen molar-refractivity contribution in [3.8, 4) is 5.75 Å². The molecule has 7 heteroatoms. The predicted molar refractivity (Wildman–Crippen MR) is 67.9 cm³/mol. The second kappa shape index (κ2) is 4.97. The Kier molecular flexibility index (Phi) is 3.37. The number of hydrogen-bond donors (Lipinski definition) is 2. The molecule has 0 bridgehead atoms. The van der Waals surface area contributed by atoms with Crippen molar-refractivity contribution in [1.82, 2.24) is 14.8 Å². The van der Waals surface area contributed by atoms with E-state index in [0.717, 1.165) is 5.82 Å². The molecule has 1 heterocycles. The number of aryl methyl sites for hydroxylation is 1. The number of carbonyl (C=O) groups is 1. The quantitative estimate of drug-likeness (QED) is 0.796. The van der Waals surface area contributed by atoms with E-state index in [1.54, 1.807) is 10.6 Å². The fourth-order valence-electron chi connectivity index (χ4n) is 1.53. The molecule has 2 rings (SSSR count). The third kappa shape index (κ3) is 2.65. The zero-order chi connectivity index (χ0) is 14.0. The van der Waals surface area contributed by atoms with Crippen molar-refractivity contribution in [3.05, 3.63) is 35.4 Å². The van der Waals surface area contributed by atoms with Crippen LogP contribution in [0.4, 0.5) is 5.69 Å². The number of carboxylic acid groups (broad SMARTS) is 1. The number of nitrogens with two attached hydrogens (primary N) is 1. The second-order valence-electron chi connectivity index (χ2n) is 4.07. The predicted octanol–water partition coefficient (Wildman–Crippen LogP) is 0.983. The van der Waals surface area contributed by atoms with Crippen LogP contribution in [0, 0.1) is 6.92 Å². The summed E-state index contributed by atoms with van der Waals surface area (Å²) in [5, 5.41) is 16.8. The Labute approximate surface area is 109 Å². The number of nitrogen functional groups attached to an aromatic ring is 1. The lowest BCUT2D eigenvalue weighted by Crippen LogP contribution is -2.06. The lowest BCUT2D eigenvalue weighted by molar-refractivity contribution is 0.0697. The van der Waals surface area contributed by atoms with Gasteiger partial charge in [0.2, 0.25) is 0 Å². The highest BCUT2D eigenvalue weighted by Gasteiger charge is 2.10. The van der Waals surface area contributed by atoms with Crippen LogP contribution in [0.2, 0.25) is 0 Å². The second-order valence-corrected chi connectivity index (χ2v) is 4.07. The minimum Gasteiger partial charge on any atom is -0.486 e. The molecule has 1 aromatic heterocycles. The Morgan fingerprint density at radius 3 is 2.79 bits per heavy atom. The Hall–Kier alpha value is -2.57. The van der Waals surface area contributed by atoms with E-state index >= 15 is 0 Å². The van der Waals surface area contributed by atoms with Crippen molar-refractivity contribution in [2.45, 2.75) is 13.5 Å². The standard InChI is InChI=1S/C12H14N4O3/c1-7-14-15-11(16(7)2)6-19-8-3-4-10(13)9(5-8)12(17)18/h3-5H,6,13H2,1-2H3,(H,17,18). The van der Waals surface area contributed by atoms with Crippen molar-refractivity contribution < 1.29 is 14.6 Å². The molecule has 7 nitrogen and oxygen atoms in total. The number of ether oxygens (including phenoxy) is 1. The molecule has 0 radical (unpaired) electrons. The third-order valence-corrected chi connectivity index (χ3v) is 2.81. The Morgan fingerprint density at radius 2 is 2.21 bits per heavy atom. The molecule has 0 atom stereocenters. The van der Waals surface area contributed by atoms with Gasteiger partial charge in [0.15, 0.2) is 5.82 Å². The highest BCUT2D eigenvalue weighted by molar-refractivity contribution is 5.94. The molecule has 1 aromatic carbocycles. The van der Waals surface area contributed by atoms with E-state index in [0.29, 0.717) is 11.6 Å². The van der Waals surface area contributed by atoms with Crippen molar-refractivity contribution >= 4 is 11.7 Å². The third-order valence-electron chi connectivity index (χ3n) is 2.81. The number of benzene rings is 1. The molecule has 0 aliphatic carbocycles. The first kappa shape index (κ1) is 12.9. The lowest BCUT2D eigenvalue weighted by Gasteiger charge is -2.08. The number of anilines is 1. The molecule has 0 unspecified atom stereocenters. The first-order valence-electron chi connectivity index (χ1n) is 5.59. The summed E-state index contributed by atoms with van der Waals surface area (Å²) < 4.78 is 7.29. The average molecular weight is 262 g/mol. The number of nitrogens with zero attached hydrogens (tertiary/aromatic N) is 3. The topological polar surface area (TPSA) is 103 Å². The first-order valence-corrected chi connectivity index (χ1v) is 5.59. The van der Waals surface area contributed by atoms with Gasteiger partial charge in [0.1, 0.15) is 18.2 Å². The molecular weight excluding hydrogens is 248 g/mol. The van der Waals surface area contributed by atoms with Gasteiger partial charge in [-0.3, -0.25) is 0 Å². The van der Waals surface area contributed by atoms with Crippen LogP contribution >= 0.6 is 0 Å². The van der Waals surface area contributed by atoms with Crippen molar-refractivity contribution in [1.29, 1.82) is 0 Å². The van der Waals surface area contributed by atoms with Gasteiger partial charge < -0.3 is 20.1 Å². The van der Waals surface area contributed by atoms with Crippen LogP contribution < -0.4 is 10.5 Å². The van der Waals surface area contributed by atoms with Crippen molar-refractivity contribution in [3.63, 3.8) is 0 Å². The van der Waals surface area contributed by atoms with E-state index in [-0.39, 0.29) is 17.9 Å².